The number of nitro benzene ring substituents is 1. The van der Waals surface area contributed by atoms with Gasteiger partial charge in [0.1, 0.15) is 18.1 Å². The minimum Gasteiger partial charge on any atom is -0.508 e. The molecule has 2 aliphatic carbocycles. The van der Waals surface area contributed by atoms with E-state index in [2.05, 4.69) is 23.1 Å². The molecule has 0 radical (unpaired) electrons. The van der Waals surface area contributed by atoms with Crippen LogP contribution in [-0.2, 0) is 31.0 Å². The smallest absolute Gasteiger partial charge is 0.269 e. The van der Waals surface area contributed by atoms with Crippen molar-refractivity contribution in [3.63, 3.8) is 0 Å². The summed E-state index contributed by atoms with van der Waals surface area (Å²) in [7, 11) is -2.82. The number of benzene rings is 3. The predicted molar refractivity (Wildman–Crippen MR) is 220 cm³/mol. The number of amides is 1. The summed E-state index contributed by atoms with van der Waals surface area (Å²) in [6, 6.07) is 15.6. The summed E-state index contributed by atoms with van der Waals surface area (Å²) in [5.74, 6) is -2.73. The Labute approximate surface area is 344 Å². The van der Waals surface area contributed by atoms with Crippen LogP contribution >= 0.6 is 0 Å². The first kappa shape index (κ1) is 43.4. The highest BCUT2D eigenvalue weighted by Gasteiger charge is 2.65. The van der Waals surface area contributed by atoms with E-state index in [1.807, 2.05) is 0 Å². The summed E-state index contributed by atoms with van der Waals surface area (Å²) in [6.07, 6.45) is 7.72. The number of aliphatic hydroxyl groups excluding tert-OH is 2. The van der Waals surface area contributed by atoms with Gasteiger partial charge in [0.05, 0.1) is 34.1 Å². The number of rotatable bonds is 19. The van der Waals surface area contributed by atoms with Crippen molar-refractivity contribution in [2.75, 3.05) is 32.2 Å². The number of non-ortho nitro benzene ring substituents is 1. The Hall–Kier alpha value is -5.13. The van der Waals surface area contributed by atoms with Crippen LogP contribution in [0.5, 0.6) is 11.5 Å². The summed E-state index contributed by atoms with van der Waals surface area (Å²) in [4.78, 5) is 28.4. The van der Waals surface area contributed by atoms with Gasteiger partial charge in [-0.3, -0.25) is 14.9 Å². The lowest BCUT2D eigenvalue weighted by Gasteiger charge is -2.59. The third kappa shape index (κ3) is 9.21. The van der Waals surface area contributed by atoms with Crippen molar-refractivity contribution >= 4 is 33.0 Å². The molecule has 1 aliphatic heterocycles. The number of likely N-dealkylation sites (N-methyl/N-ethyl adjacent to an activating group) is 1. The van der Waals surface area contributed by atoms with E-state index in [1.54, 1.807) is 30.3 Å². The number of allylic oxidation sites excluding steroid dienone is 1. The molecule has 1 saturated carbocycles. The van der Waals surface area contributed by atoms with Crippen molar-refractivity contribution in [1.82, 2.24) is 4.31 Å². The first-order valence-corrected chi connectivity index (χ1v) is 21.3. The molecule has 1 amide bonds. The van der Waals surface area contributed by atoms with Crippen LogP contribution < -0.4 is 10.1 Å². The second-order valence-electron chi connectivity index (χ2n) is 15.2. The fraction of sp³-hybridized carbons (Fsp3) is 0.442. The number of aliphatic hydroxyl groups is 2. The number of oxime groups is 1. The van der Waals surface area contributed by atoms with Gasteiger partial charge < -0.3 is 34.9 Å². The van der Waals surface area contributed by atoms with E-state index in [-0.39, 0.29) is 66.9 Å². The molecule has 0 saturated heterocycles. The van der Waals surface area contributed by atoms with Gasteiger partial charge >= 0.3 is 0 Å². The number of carbonyl (C=O) groups is 1. The molecule has 16 heteroatoms. The molecule has 15 nitrogen and oxygen atoms in total. The van der Waals surface area contributed by atoms with Crippen molar-refractivity contribution in [2.24, 2.45) is 22.9 Å². The largest absolute Gasteiger partial charge is 0.508 e. The van der Waals surface area contributed by atoms with Crippen molar-refractivity contribution in [3.05, 3.63) is 112 Å². The number of nitrogens with one attached hydrogen (secondary N) is 1. The van der Waals surface area contributed by atoms with Crippen LogP contribution in [0.15, 0.2) is 101 Å². The highest BCUT2D eigenvalue weighted by molar-refractivity contribution is 7.89. The maximum atomic E-state index is 14.7. The molecule has 316 valence electrons. The normalized spacial score (nSPS) is 24.1. The van der Waals surface area contributed by atoms with Gasteiger partial charge in [-0.1, -0.05) is 30.1 Å². The average Bonchev–Trinajstić information content (AvgIpc) is 3.21. The summed E-state index contributed by atoms with van der Waals surface area (Å²) in [5, 5.41) is 49.1. The molecule has 0 unspecified atom stereocenters. The Balaban J connectivity index is 1.54. The minimum absolute atomic E-state index is 0.00204. The van der Waals surface area contributed by atoms with Gasteiger partial charge in [-0.2, -0.15) is 4.31 Å². The fourth-order valence-electron chi connectivity index (χ4n) is 8.86. The van der Waals surface area contributed by atoms with Crippen LogP contribution in [0, 0.1) is 27.9 Å². The molecule has 3 aromatic rings. The van der Waals surface area contributed by atoms with Crippen molar-refractivity contribution in [2.45, 2.75) is 81.1 Å². The van der Waals surface area contributed by atoms with Crippen LogP contribution in [0.4, 0.5) is 11.4 Å². The number of nitro groups is 1. The Kier molecular flexibility index (Phi) is 13.9. The monoisotopic (exact) mass is 832 g/mol. The van der Waals surface area contributed by atoms with Crippen molar-refractivity contribution in [1.29, 1.82) is 0 Å². The lowest BCUT2D eigenvalue weighted by atomic mass is 9.55. The van der Waals surface area contributed by atoms with E-state index in [0.717, 1.165) is 24.0 Å². The Bertz CT molecular complexity index is 2160. The molecular formula is C43H52N4O11S. The van der Waals surface area contributed by atoms with Gasteiger partial charge in [-0.25, -0.2) is 8.42 Å². The van der Waals surface area contributed by atoms with E-state index in [0.29, 0.717) is 48.4 Å². The Morgan fingerprint density at radius 1 is 1.07 bits per heavy atom. The number of sulfonamides is 1. The topological polar surface area (TPSA) is 210 Å². The molecular weight excluding hydrogens is 781 g/mol. The standard InChI is InChI=1S/C43H52N4O11S/c1-4-23-56-43-40(46(3)59(54,55)34-18-13-31(14-19-34)44-28(2)50)26-38(45-57-27-29-11-15-32(16-12-29)47(52)53)36-24-30(9-5-7-21-48)35(10-6-8-22-49)41(42(36)43)37-25-33(51)17-20-39(37)58-43/h4,11-20,24-25,30,35,40-42,48-49,51H,1,5-10,21-23,26-27H2,2-3H3,(H,44,50)/t30-,35+,40-,41+,42+,43+/m0/s1. The molecule has 0 aromatic heterocycles. The van der Waals surface area contributed by atoms with E-state index >= 15 is 0 Å². The third-order valence-corrected chi connectivity index (χ3v) is 13.4. The maximum absolute atomic E-state index is 14.7. The highest BCUT2D eigenvalue weighted by atomic mass is 32.2. The number of unbranched alkanes of at least 4 members (excludes halogenated alkanes) is 2. The molecule has 59 heavy (non-hydrogen) atoms. The molecule has 4 N–H and O–H groups in total. The van der Waals surface area contributed by atoms with Gasteiger partial charge in [0.2, 0.25) is 21.7 Å². The lowest BCUT2D eigenvalue weighted by molar-refractivity contribution is -0.384. The lowest BCUT2D eigenvalue weighted by Crippen LogP contribution is -2.69. The Morgan fingerprint density at radius 3 is 2.41 bits per heavy atom. The second-order valence-corrected chi connectivity index (χ2v) is 17.2. The highest BCUT2D eigenvalue weighted by Crippen LogP contribution is 2.62. The summed E-state index contributed by atoms with van der Waals surface area (Å²) in [6.45, 7) is 5.29. The van der Waals surface area contributed by atoms with Gasteiger partial charge in [-0.05, 0) is 103 Å². The Morgan fingerprint density at radius 2 is 1.76 bits per heavy atom. The molecule has 1 fully saturated rings. The number of anilines is 1. The number of nitrogens with zero attached hydrogens (tertiary/aromatic N) is 3. The van der Waals surface area contributed by atoms with E-state index < -0.39 is 38.6 Å². The number of ether oxygens (including phenoxy) is 2. The number of hydrogen-bond acceptors (Lipinski definition) is 12. The minimum atomic E-state index is -4.29. The second kappa shape index (κ2) is 18.8. The predicted octanol–water partition coefficient (Wildman–Crippen LogP) is 6.41. The molecule has 1 heterocycles. The maximum Gasteiger partial charge on any atom is 0.269 e. The SMILES string of the molecule is C=CCO[C@@]12Oc3ccc(O)cc3[C@H]3[C@H](CCCCO)[C@@H](CCCCO)C=C(C(=NOCc4ccc([N+](=O)[O-])cc4)C[C@@H]1N(C)S(=O)(=O)c1ccc(NC(C)=O)cc1)[C@H]32. The third-order valence-electron chi connectivity index (χ3n) is 11.5. The molecule has 0 bridgehead atoms. The summed E-state index contributed by atoms with van der Waals surface area (Å²) < 4.78 is 44.5. The van der Waals surface area contributed by atoms with Crippen LogP contribution in [0.3, 0.4) is 0 Å². The van der Waals surface area contributed by atoms with Crippen LogP contribution in [0.2, 0.25) is 0 Å². The first-order valence-electron chi connectivity index (χ1n) is 19.8. The van der Waals surface area contributed by atoms with Gasteiger partial charge in [0.15, 0.2) is 0 Å². The van der Waals surface area contributed by atoms with Crippen molar-refractivity contribution in [3.8, 4) is 11.5 Å². The first-order chi connectivity index (χ1) is 28.3. The molecule has 6 atom stereocenters. The molecule has 3 aromatic carbocycles. The van der Waals surface area contributed by atoms with E-state index in [4.69, 9.17) is 14.3 Å². The van der Waals surface area contributed by atoms with Crippen LogP contribution in [0.1, 0.15) is 68.9 Å². The number of aromatic hydroxyl groups is 1. The average molecular weight is 833 g/mol. The summed E-state index contributed by atoms with van der Waals surface area (Å²) >= 11 is 0. The summed E-state index contributed by atoms with van der Waals surface area (Å²) in [5.41, 5.74) is 2.92. The number of phenolic OH excluding ortho intramolecular Hbond substituents is 1. The van der Waals surface area contributed by atoms with Gasteiger partial charge in [-0.15, -0.1) is 6.58 Å². The van der Waals surface area contributed by atoms with E-state index in [9.17, 15) is 38.6 Å². The molecule has 0 spiro atoms. The molecule has 3 aliphatic rings. The van der Waals surface area contributed by atoms with Crippen LogP contribution in [0.25, 0.3) is 0 Å². The zero-order chi connectivity index (χ0) is 42.3. The fourth-order valence-corrected chi connectivity index (χ4v) is 10.2. The van der Waals surface area contributed by atoms with E-state index in [1.165, 1.54) is 60.7 Å². The molecule has 6 rings (SSSR count). The van der Waals surface area contributed by atoms with Gasteiger partial charge in [0, 0.05) is 62.9 Å². The number of fused-ring (bicyclic) bond motifs is 2. The number of phenols is 1. The quantitative estimate of drug-likeness (QED) is 0.0449. The number of carbonyl (C=O) groups excluding carboxylic acids is 1. The van der Waals surface area contributed by atoms with Crippen molar-refractivity contribution < 1.29 is 47.8 Å². The van der Waals surface area contributed by atoms with Gasteiger partial charge in [0.25, 0.3) is 5.69 Å². The van der Waals surface area contributed by atoms with Crippen LogP contribution in [-0.4, -0.2) is 83.3 Å². The zero-order valence-electron chi connectivity index (χ0n) is 33.2. The number of hydrogen-bond donors (Lipinski definition) is 4. The zero-order valence-corrected chi connectivity index (χ0v) is 34.1.